The SMILES string of the molecule is CC(C)N(C(=O)Cn1cnnn1)C1CC1. The van der Waals surface area contributed by atoms with Crippen LogP contribution in [0.4, 0.5) is 0 Å². The molecule has 0 bridgehead atoms. The summed E-state index contributed by atoms with van der Waals surface area (Å²) in [6.07, 6.45) is 3.71. The average molecular weight is 209 g/mol. The van der Waals surface area contributed by atoms with Gasteiger partial charge in [-0.1, -0.05) is 0 Å². The lowest BCUT2D eigenvalue weighted by molar-refractivity contribution is -0.134. The number of amides is 1. The summed E-state index contributed by atoms with van der Waals surface area (Å²) in [5.74, 6) is 0.0970. The average Bonchev–Trinajstić information content (AvgIpc) is 2.83. The van der Waals surface area contributed by atoms with Crippen LogP contribution >= 0.6 is 0 Å². The first-order valence-electron chi connectivity index (χ1n) is 5.20. The molecule has 0 radical (unpaired) electrons. The van der Waals surface area contributed by atoms with Crippen molar-refractivity contribution >= 4 is 5.91 Å². The fourth-order valence-electron chi connectivity index (χ4n) is 1.74. The minimum Gasteiger partial charge on any atom is -0.336 e. The quantitative estimate of drug-likeness (QED) is 0.704. The molecule has 82 valence electrons. The van der Waals surface area contributed by atoms with E-state index in [1.165, 1.54) is 11.0 Å². The number of carbonyl (C=O) groups is 1. The monoisotopic (exact) mass is 209 g/mol. The zero-order valence-electron chi connectivity index (χ0n) is 9.00. The van der Waals surface area contributed by atoms with Crippen molar-refractivity contribution in [1.29, 1.82) is 0 Å². The summed E-state index contributed by atoms with van der Waals surface area (Å²) in [4.78, 5) is 13.9. The van der Waals surface area contributed by atoms with Crippen molar-refractivity contribution in [3.63, 3.8) is 0 Å². The van der Waals surface area contributed by atoms with E-state index in [2.05, 4.69) is 15.5 Å². The number of hydrogen-bond donors (Lipinski definition) is 0. The summed E-state index contributed by atoms with van der Waals surface area (Å²) in [7, 11) is 0. The number of hydrogen-bond acceptors (Lipinski definition) is 4. The van der Waals surface area contributed by atoms with Crippen molar-refractivity contribution < 1.29 is 4.79 Å². The van der Waals surface area contributed by atoms with Crippen LogP contribution in [0.1, 0.15) is 26.7 Å². The third-order valence-electron chi connectivity index (χ3n) is 2.47. The van der Waals surface area contributed by atoms with Gasteiger partial charge < -0.3 is 4.90 Å². The Bertz CT molecular complexity index is 328. The molecular weight excluding hydrogens is 194 g/mol. The highest BCUT2D eigenvalue weighted by Gasteiger charge is 2.34. The molecule has 15 heavy (non-hydrogen) atoms. The highest BCUT2D eigenvalue weighted by atomic mass is 16.2. The van der Waals surface area contributed by atoms with E-state index in [4.69, 9.17) is 0 Å². The zero-order chi connectivity index (χ0) is 10.8. The van der Waals surface area contributed by atoms with Crippen LogP contribution in [0.3, 0.4) is 0 Å². The van der Waals surface area contributed by atoms with Gasteiger partial charge in [0.15, 0.2) is 0 Å². The zero-order valence-corrected chi connectivity index (χ0v) is 9.00. The summed E-state index contributed by atoms with van der Waals surface area (Å²) in [6.45, 7) is 4.31. The maximum atomic E-state index is 11.9. The van der Waals surface area contributed by atoms with Gasteiger partial charge in [0.2, 0.25) is 5.91 Å². The highest BCUT2D eigenvalue weighted by molar-refractivity contribution is 5.76. The molecule has 0 atom stereocenters. The molecule has 6 nitrogen and oxygen atoms in total. The molecule has 6 heteroatoms. The normalized spacial score (nSPS) is 15.7. The second-order valence-corrected chi connectivity index (χ2v) is 4.13. The van der Waals surface area contributed by atoms with E-state index in [1.54, 1.807) is 0 Å². The van der Waals surface area contributed by atoms with Crippen molar-refractivity contribution in [1.82, 2.24) is 25.1 Å². The van der Waals surface area contributed by atoms with Gasteiger partial charge >= 0.3 is 0 Å². The standard InChI is InChI=1S/C9H15N5O/c1-7(2)14(8-3-4-8)9(15)5-13-6-10-11-12-13/h6-8H,3-5H2,1-2H3. The van der Waals surface area contributed by atoms with Crippen molar-refractivity contribution in [3.8, 4) is 0 Å². The third-order valence-corrected chi connectivity index (χ3v) is 2.47. The van der Waals surface area contributed by atoms with Crippen LogP contribution in [0, 0.1) is 0 Å². The van der Waals surface area contributed by atoms with E-state index in [0.29, 0.717) is 6.04 Å². The number of carbonyl (C=O) groups excluding carboxylic acids is 1. The molecule has 1 aromatic heterocycles. The van der Waals surface area contributed by atoms with E-state index >= 15 is 0 Å². The van der Waals surface area contributed by atoms with Gasteiger partial charge in [0.05, 0.1) is 0 Å². The number of rotatable bonds is 4. The Morgan fingerprint density at radius 3 is 2.80 bits per heavy atom. The molecule has 1 amide bonds. The molecule has 0 spiro atoms. The molecule has 2 rings (SSSR count). The lowest BCUT2D eigenvalue weighted by Gasteiger charge is -2.26. The van der Waals surface area contributed by atoms with Gasteiger partial charge in [0.1, 0.15) is 12.9 Å². The number of tetrazole rings is 1. The largest absolute Gasteiger partial charge is 0.336 e. The molecule has 0 N–H and O–H groups in total. The second-order valence-electron chi connectivity index (χ2n) is 4.13. The fraction of sp³-hybridized carbons (Fsp3) is 0.778. The second kappa shape index (κ2) is 3.96. The minimum atomic E-state index is 0.0970. The fourth-order valence-corrected chi connectivity index (χ4v) is 1.74. The van der Waals surface area contributed by atoms with Gasteiger partial charge in [-0.2, -0.15) is 0 Å². The summed E-state index contributed by atoms with van der Waals surface area (Å²) in [5.41, 5.74) is 0. The van der Waals surface area contributed by atoms with Gasteiger partial charge in [0.25, 0.3) is 0 Å². The van der Waals surface area contributed by atoms with Gasteiger partial charge in [-0.3, -0.25) is 4.79 Å². The topological polar surface area (TPSA) is 63.9 Å². The summed E-state index contributed by atoms with van der Waals surface area (Å²) >= 11 is 0. The molecule has 1 fully saturated rings. The van der Waals surface area contributed by atoms with E-state index < -0.39 is 0 Å². The van der Waals surface area contributed by atoms with Crippen LogP contribution < -0.4 is 0 Å². The molecule has 1 heterocycles. The Hall–Kier alpha value is -1.46. The molecular formula is C9H15N5O. The van der Waals surface area contributed by atoms with Crippen LogP contribution in [-0.4, -0.2) is 43.1 Å². The molecule has 1 saturated carbocycles. The Labute approximate surface area is 88.2 Å². The number of nitrogens with zero attached hydrogens (tertiary/aromatic N) is 5. The summed E-state index contributed by atoms with van der Waals surface area (Å²) < 4.78 is 1.46. The van der Waals surface area contributed by atoms with E-state index in [-0.39, 0.29) is 18.5 Å². The van der Waals surface area contributed by atoms with Crippen LogP contribution in [0.25, 0.3) is 0 Å². The lowest BCUT2D eigenvalue weighted by atomic mass is 10.3. The maximum absolute atomic E-state index is 11.9. The van der Waals surface area contributed by atoms with Crippen LogP contribution in [0.15, 0.2) is 6.33 Å². The van der Waals surface area contributed by atoms with E-state index in [1.807, 2.05) is 18.7 Å². The molecule has 0 unspecified atom stereocenters. The van der Waals surface area contributed by atoms with Gasteiger partial charge in [-0.15, -0.1) is 5.10 Å². The molecule has 1 aliphatic carbocycles. The smallest absolute Gasteiger partial charge is 0.244 e. The molecule has 0 aliphatic heterocycles. The minimum absolute atomic E-state index is 0.0970. The molecule has 1 aliphatic rings. The van der Waals surface area contributed by atoms with Crippen molar-refractivity contribution in [2.75, 3.05) is 0 Å². The third kappa shape index (κ3) is 2.31. The Morgan fingerprint density at radius 1 is 1.60 bits per heavy atom. The van der Waals surface area contributed by atoms with Gasteiger partial charge in [-0.05, 0) is 37.1 Å². The Balaban J connectivity index is 1.99. The lowest BCUT2D eigenvalue weighted by Crippen LogP contribution is -2.40. The van der Waals surface area contributed by atoms with Crippen LogP contribution in [0.2, 0.25) is 0 Å². The first kappa shape index (κ1) is 10.1. The molecule has 0 saturated heterocycles. The van der Waals surface area contributed by atoms with Gasteiger partial charge in [-0.25, -0.2) is 4.68 Å². The van der Waals surface area contributed by atoms with Crippen molar-refractivity contribution in [2.24, 2.45) is 0 Å². The van der Waals surface area contributed by atoms with Crippen molar-refractivity contribution in [3.05, 3.63) is 6.33 Å². The summed E-state index contributed by atoms with van der Waals surface area (Å²) in [5, 5.41) is 10.7. The molecule has 1 aromatic rings. The number of aromatic nitrogens is 4. The first-order chi connectivity index (χ1) is 7.18. The predicted octanol–water partition coefficient (Wildman–Crippen LogP) is 0.0725. The van der Waals surface area contributed by atoms with Crippen LogP contribution in [-0.2, 0) is 11.3 Å². The predicted molar refractivity (Wildman–Crippen MR) is 52.8 cm³/mol. The van der Waals surface area contributed by atoms with Crippen LogP contribution in [0.5, 0.6) is 0 Å². The van der Waals surface area contributed by atoms with Gasteiger partial charge in [0, 0.05) is 12.1 Å². The van der Waals surface area contributed by atoms with Crippen molar-refractivity contribution in [2.45, 2.75) is 45.3 Å². The van der Waals surface area contributed by atoms with E-state index in [9.17, 15) is 4.79 Å². The van der Waals surface area contributed by atoms with E-state index in [0.717, 1.165) is 12.8 Å². The molecule has 0 aromatic carbocycles. The maximum Gasteiger partial charge on any atom is 0.244 e. The first-order valence-corrected chi connectivity index (χ1v) is 5.20. The Kier molecular flexibility index (Phi) is 2.66. The highest BCUT2D eigenvalue weighted by Crippen LogP contribution is 2.28. The summed E-state index contributed by atoms with van der Waals surface area (Å²) in [6, 6.07) is 0.690. The Morgan fingerprint density at radius 2 is 2.33 bits per heavy atom.